The van der Waals surface area contributed by atoms with Crippen LogP contribution in [0.4, 0.5) is 15.8 Å². The molecule has 0 atom stereocenters. The number of benzene rings is 3. The summed E-state index contributed by atoms with van der Waals surface area (Å²) in [7, 11) is -3.98. The van der Waals surface area contributed by atoms with Crippen LogP contribution in [0.2, 0.25) is 0 Å². The normalized spacial score (nSPS) is 14.2. The second-order valence-electron chi connectivity index (χ2n) is 8.06. The molecule has 1 aliphatic heterocycles. The number of nitrogens with one attached hydrogen (secondary N) is 2. The van der Waals surface area contributed by atoms with Gasteiger partial charge in [-0.05, 0) is 86.4 Å². The summed E-state index contributed by atoms with van der Waals surface area (Å²) in [6.45, 7) is 3.40. The number of anilines is 2. The summed E-state index contributed by atoms with van der Waals surface area (Å²) < 4.78 is 41.0. The molecule has 0 aromatic heterocycles. The first-order chi connectivity index (χ1) is 15.9. The summed E-state index contributed by atoms with van der Waals surface area (Å²) in [5.74, 6) is -1.01. The summed E-state index contributed by atoms with van der Waals surface area (Å²) in [5.41, 5.74) is 2.07. The van der Waals surface area contributed by atoms with Gasteiger partial charge in [0.05, 0.1) is 10.6 Å². The number of hydrogen-bond donors (Lipinski definition) is 2. The molecule has 33 heavy (non-hydrogen) atoms. The van der Waals surface area contributed by atoms with Gasteiger partial charge < -0.3 is 10.2 Å². The Morgan fingerprint density at radius 2 is 1.58 bits per heavy atom. The van der Waals surface area contributed by atoms with E-state index in [4.69, 9.17) is 0 Å². The lowest BCUT2D eigenvalue weighted by Crippen LogP contribution is -2.21. The van der Waals surface area contributed by atoms with Crippen LogP contribution in [0.25, 0.3) is 0 Å². The van der Waals surface area contributed by atoms with Gasteiger partial charge in [0.15, 0.2) is 0 Å². The maximum absolute atomic E-state index is 13.8. The van der Waals surface area contributed by atoms with Crippen LogP contribution in [0.15, 0.2) is 77.7 Å². The molecule has 3 aromatic carbocycles. The fourth-order valence-electron chi connectivity index (χ4n) is 3.78. The molecule has 6 nitrogen and oxygen atoms in total. The molecule has 1 aliphatic rings. The largest absolute Gasteiger partial charge is 0.322 e. The van der Waals surface area contributed by atoms with Gasteiger partial charge in [-0.1, -0.05) is 24.3 Å². The fraction of sp³-hybridized carbons (Fsp3) is 0.240. The van der Waals surface area contributed by atoms with E-state index in [2.05, 4.69) is 14.9 Å². The first kappa shape index (κ1) is 22.9. The number of sulfonamides is 1. The Hall–Kier alpha value is -3.23. The van der Waals surface area contributed by atoms with Gasteiger partial charge in [-0.25, -0.2) is 12.8 Å². The summed E-state index contributed by atoms with van der Waals surface area (Å²) in [5, 5.41) is 2.82. The second kappa shape index (κ2) is 10.1. The van der Waals surface area contributed by atoms with E-state index in [1.165, 1.54) is 80.0 Å². The summed E-state index contributed by atoms with van der Waals surface area (Å²) in [6.07, 6.45) is 3.53. The van der Waals surface area contributed by atoms with E-state index in [0.717, 1.165) is 13.0 Å². The number of amides is 1. The maximum atomic E-state index is 13.8. The number of likely N-dealkylation sites (tertiary alicyclic amines) is 1. The van der Waals surface area contributed by atoms with Crippen LogP contribution in [0.3, 0.4) is 0 Å². The van der Waals surface area contributed by atoms with E-state index in [9.17, 15) is 17.6 Å². The van der Waals surface area contributed by atoms with Gasteiger partial charge >= 0.3 is 0 Å². The lowest BCUT2D eigenvalue weighted by atomic mass is 10.1. The Kier molecular flexibility index (Phi) is 7.05. The molecule has 1 saturated heterocycles. The molecule has 172 valence electrons. The number of para-hydroxylation sites is 1. The predicted octanol–water partition coefficient (Wildman–Crippen LogP) is 4.52. The zero-order valence-electron chi connectivity index (χ0n) is 18.1. The zero-order chi connectivity index (χ0) is 23.3. The van der Waals surface area contributed by atoms with E-state index in [0.29, 0.717) is 11.3 Å². The molecule has 1 heterocycles. The van der Waals surface area contributed by atoms with Crippen molar-refractivity contribution >= 4 is 27.3 Å². The molecule has 0 spiro atoms. The molecule has 1 amide bonds. The van der Waals surface area contributed by atoms with Gasteiger partial charge in [0.1, 0.15) is 5.82 Å². The highest BCUT2D eigenvalue weighted by Gasteiger charge is 2.17. The Labute approximate surface area is 193 Å². The van der Waals surface area contributed by atoms with Crippen molar-refractivity contribution < 1.29 is 17.6 Å². The molecule has 1 fully saturated rings. The van der Waals surface area contributed by atoms with E-state index in [-0.39, 0.29) is 16.5 Å². The Morgan fingerprint density at radius 3 is 2.24 bits per heavy atom. The molecule has 0 saturated carbocycles. The fourth-order valence-corrected chi connectivity index (χ4v) is 4.85. The van der Waals surface area contributed by atoms with Crippen molar-refractivity contribution in [2.75, 3.05) is 29.7 Å². The monoisotopic (exact) mass is 467 g/mol. The minimum absolute atomic E-state index is 0.0651. The van der Waals surface area contributed by atoms with Crippen molar-refractivity contribution in [2.45, 2.75) is 24.2 Å². The standard InChI is InChI=1S/C25H26FN3O3S/c26-23-5-1-2-6-24(23)28-33(31,32)22-13-9-20(10-14-22)25(30)27-21-11-7-19(8-12-21)15-18-29-16-3-4-17-29/h1-2,5-14,28H,3-4,15-18H2,(H,27,30). The number of carbonyl (C=O) groups is 1. The van der Waals surface area contributed by atoms with Crippen LogP contribution in [0.5, 0.6) is 0 Å². The van der Waals surface area contributed by atoms with E-state index < -0.39 is 15.8 Å². The maximum Gasteiger partial charge on any atom is 0.261 e. The third-order valence-electron chi connectivity index (χ3n) is 5.67. The van der Waals surface area contributed by atoms with E-state index in [1.807, 2.05) is 24.3 Å². The van der Waals surface area contributed by atoms with Crippen molar-refractivity contribution in [3.05, 3.63) is 89.7 Å². The van der Waals surface area contributed by atoms with Crippen LogP contribution in [0.1, 0.15) is 28.8 Å². The first-order valence-corrected chi connectivity index (χ1v) is 12.4. The van der Waals surface area contributed by atoms with Gasteiger partial charge in [0, 0.05) is 17.8 Å². The molecule has 0 aliphatic carbocycles. The van der Waals surface area contributed by atoms with Crippen molar-refractivity contribution in [3.8, 4) is 0 Å². The summed E-state index contributed by atoms with van der Waals surface area (Å²) >= 11 is 0. The van der Waals surface area contributed by atoms with Gasteiger partial charge in [-0.2, -0.15) is 0 Å². The number of halogens is 1. The zero-order valence-corrected chi connectivity index (χ0v) is 18.9. The molecule has 4 rings (SSSR count). The summed E-state index contributed by atoms with van der Waals surface area (Å²) in [6, 6.07) is 18.8. The number of carbonyl (C=O) groups excluding carboxylic acids is 1. The van der Waals surface area contributed by atoms with Crippen LogP contribution in [-0.4, -0.2) is 38.9 Å². The van der Waals surface area contributed by atoms with E-state index >= 15 is 0 Å². The third kappa shape index (κ3) is 5.97. The molecule has 0 bridgehead atoms. The van der Waals surface area contributed by atoms with Crippen LogP contribution in [0, 0.1) is 5.82 Å². The molecular weight excluding hydrogens is 441 g/mol. The van der Waals surface area contributed by atoms with Crippen molar-refractivity contribution in [1.29, 1.82) is 0 Å². The number of rotatable bonds is 8. The SMILES string of the molecule is O=C(Nc1ccc(CCN2CCCC2)cc1)c1ccc(S(=O)(=O)Nc2ccccc2F)cc1. The average Bonchev–Trinajstić information content (AvgIpc) is 3.34. The molecule has 0 unspecified atom stereocenters. The smallest absolute Gasteiger partial charge is 0.261 e. The lowest BCUT2D eigenvalue weighted by Gasteiger charge is -2.14. The number of nitrogens with zero attached hydrogens (tertiary/aromatic N) is 1. The van der Waals surface area contributed by atoms with Crippen molar-refractivity contribution in [3.63, 3.8) is 0 Å². The Morgan fingerprint density at radius 1 is 0.909 bits per heavy atom. The topological polar surface area (TPSA) is 78.5 Å². The van der Waals surface area contributed by atoms with Gasteiger partial charge in [0.25, 0.3) is 15.9 Å². The van der Waals surface area contributed by atoms with E-state index in [1.54, 1.807) is 0 Å². The lowest BCUT2D eigenvalue weighted by molar-refractivity contribution is 0.102. The van der Waals surface area contributed by atoms with Crippen LogP contribution >= 0.6 is 0 Å². The van der Waals surface area contributed by atoms with Gasteiger partial charge in [-0.3, -0.25) is 9.52 Å². The van der Waals surface area contributed by atoms with Crippen molar-refractivity contribution in [2.24, 2.45) is 0 Å². The highest BCUT2D eigenvalue weighted by Crippen LogP contribution is 2.20. The minimum atomic E-state index is -3.98. The Balaban J connectivity index is 1.35. The van der Waals surface area contributed by atoms with Crippen LogP contribution < -0.4 is 10.0 Å². The molecule has 3 aromatic rings. The predicted molar refractivity (Wildman–Crippen MR) is 127 cm³/mol. The Bertz CT molecular complexity index is 1210. The highest BCUT2D eigenvalue weighted by molar-refractivity contribution is 7.92. The van der Waals surface area contributed by atoms with Gasteiger partial charge in [0.2, 0.25) is 0 Å². The van der Waals surface area contributed by atoms with Crippen molar-refractivity contribution in [1.82, 2.24) is 4.90 Å². The first-order valence-electron chi connectivity index (χ1n) is 10.9. The summed E-state index contributed by atoms with van der Waals surface area (Å²) in [4.78, 5) is 15.0. The average molecular weight is 468 g/mol. The molecular formula is C25H26FN3O3S. The minimum Gasteiger partial charge on any atom is -0.322 e. The molecule has 2 N–H and O–H groups in total. The molecule has 8 heteroatoms. The third-order valence-corrected chi connectivity index (χ3v) is 7.05. The second-order valence-corrected chi connectivity index (χ2v) is 9.74. The highest BCUT2D eigenvalue weighted by atomic mass is 32.2. The van der Waals surface area contributed by atoms with Crippen LogP contribution in [-0.2, 0) is 16.4 Å². The van der Waals surface area contributed by atoms with Gasteiger partial charge in [-0.15, -0.1) is 0 Å². The quantitative estimate of drug-likeness (QED) is 0.511. The molecule has 0 radical (unpaired) electrons. The number of hydrogen-bond acceptors (Lipinski definition) is 4.